The van der Waals surface area contributed by atoms with Crippen LogP contribution in [0.4, 0.5) is 5.82 Å². The zero-order valence-electron chi connectivity index (χ0n) is 21.7. The molecule has 0 spiro atoms. The SMILES string of the molecule is CC.Cc1nn(C(C)c2c(C#N)c3ccccn3c2-c2cccc(CN(C)C)c2)c2ncnc(N)c12. The van der Waals surface area contributed by atoms with Gasteiger partial charge in [0.2, 0.25) is 0 Å². The predicted molar refractivity (Wildman–Crippen MR) is 145 cm³/mol. The van der Waals surface area contributed by atoms with Gasteiger partial charge in [0, 0.05) is 18.3 Å². The first kappa shape index (κ1) is 24.9. The molecule has 0 aliphatic heterocycles. The summed E-state index contributed by atoms with van der Waals surface area (Å²) in [6.07, 6.45) is 3.46. The van der Waals surface area contributed by atoms with Crippen molar-refractivity contribution >= 4 is 22.4 Å². The van der Waals surface area contributed by atoms with E-state index in [9.17, 15) is 5.26 Å². The molecule has 0 saturated heterocycles. The van der Waals surface area contributed by atoms with Crippen molar-refractivity contribution in [2.45, 2.75) is 40.3 Å². The van der Waals surface area contributed by atoms with Crippen LogP contribution in [0.3, 0.4) is 0 Å². The molecule has 0 radical (unpaired) electrons. The Morgan fingerprint density at radius 1 is 1.11 bits per heavy atom. The highest BCUT2D eigenvalue weighted by Gasteiger charge is 2.27. The molecule has 4 heterocycles. The number of fused-ring (bicyclic) bond motifs is 2. The van der Waals surface area contributed by atoms with Gasteiger partial charge in [-0.3, -0.25) is 0 Å². The van der Waals surface area contributed by atoms with Gasteiger partial charge in [-0.2, -0.15) is 10.4 Å². The average molecular weight is 481 g/mol. The van der Waals surface area contributed by atoms with E-state index in [1.54, 1.807) is 0 Å². The van der Waals surface area contributed by atoms with E-state index in [1.165, 1.54) is 11.9 Å². The predicted octanol–water partition coefficient (Wildman–Crippen LogP) is 5.21. The molecule has 0 saturated carbocycles. The van der Waals surface area contributed by atoms with E-state index < -0.39 is 0 Å². The Morgan fingerprint density at radius 3 is 2.61 bits per heavy atom. The van der Waals surface area contributed by atoms with Crippen LogP contribution in [-0.4, -0.2) is 43.1 Å². The third kappa shape index (κ3) is 4.18. The number of hydrogen-bond donors (Lipinski definition) is 1. The third-order valence-corrected chi connectivity index (χ3v) is 6.17. The summed E-state index contributed by atoms with van der Waals surface area (Å²) in [5, 5.41) is 15.8. The maximum absolute atomic E-state index is 10.3. The normalized spacial score (nSPS) is 11.9. The lowest BCUT2D eigenvalue weighted by molar-refractivity contribution is 0.402. The number of pyridine rings is 1. The van der Waals surface area contributed by atoms with E-state index in [-0.39, 0.29) is 6.04 Å². The number of aromatic nitrogens is 5. The highest BCUT2D eigenvalue weighted by atomic mass is 15.3. The van der Waals surface area contributed by atoms with Crippen LogP contribution >= 0.6 is 0 Å². The average Bonchev–Trinajstić information content (AvgIpc) is 3.40. The lowest BCUT2D eigenvalue weighted by Crippen LogP contribution is -2.12. The van der Waals surface area contributed by atoms with E-state index in [0.717, 1.165) is 40.0 Å². The minimum atomic E-state index is -0.271. The number of aryl methyl sites for hydroxylation is 1. The molecule has 0 aliphatic rings. The van der Waals surface area contributed by atoms with Gasteiger partial charge in [-0.15, -0.1) is 0 Å². The highest BCUT2D eigenvalue weighted by Crippen LogP contribution is 2.38. The molecule has 0 fully saturated rings. The summed E-state index contributed by atoms with van der Waals surface area (Å²) < 4.78 is 3.95. The van der Waals surface area contributed by atoms with Crippen molar-refractivity contribution in [2.24, 2.45) is 0 Å². The number of nitrogens with zero attached hydrogens (tertiary/aromatic N) is 7. The molecule has 184 valence electrons. The van der Waals surface area contributed by atoms with Crippen molar-refractivity contribution in [2.75, 3.05) is 19.8 Å². The first-order chi connectivity index (χ1) is 17.4. The Kier molecular flexibility index (Phi) is 7.04. The van der Waals surface area contributed by atoms with Crippen LogP contribution in [0.1, 0.15) is 49.2 Å². The number of nitrogen functional groups attached to an aromatic ring is 1. The summed E-state index contributed by atoms with van der Waals surface area (Å²) in [5.41, 5.74) is 13.2. The molecule has 5 aromatic rings. The standard InChI is InChI=1S/C26H26N8.C2H6/c1-16-22-25(28)29-15-30-26(22)34(31-16)17(2)23-20(13-27)21-10-5-6-11-33(21)24(23)19-9-7-8-18(12-19)14-32(3)4;1-2/h5-12,15,17H,14H2,1-4H3,(H2,28,29,30);1-2H3. The van der Waals surface area contributed by atoms with Crippen molar-refractivity contribution in [1.82, 2.24) is 29.0 Å². The number of nitrogens with two attached hydrogens (primary N) is 1. The number of rotatable bonds is 5. The number of hydrogen-bond acceptors (Lipinski definition) is 6. The van der Waals surface area contributed by atoms with Gasteiger partial charge < -0.3 is 15.0 Å². The first-order valence-electron chi connectivity index (χ1n) is 12.1. The zero-order chi connectivity index (χ0) is 26.0. The Hall–Kier alpha value is -4.22. The second-order valence-electron chi connectivity index (χ2n) is 8.81. The van der Waals surface area contributed by atoms with E-state index in [1.807, 2.05) is 56.8 Å². The minimum absolute atomic E-state index is 0.271. The van der Waals surface area contributed by atoms with Crippen molar-refractivity contribution in [1.29, 1.82) is 5.26 Å². The van der Waals surface area contributed by atoms with Crippen molar-refractivity contribution in [3.8, 4) is 17.3 Å². The maximum Gasteiger partial charge on any atom is 0.164 e. The molecule has 0 amide bonds. The number of anilines is 1. The summed E-state index contributed by atoms with van der Waals surface area (Å²) in [6.45, 7) is 8.78. The van der Waals surface area contributed by atoms with Gasteiger partial charge >= 0.3 is 0 Å². The summed E-state index contributed by atoms with van der Waals surface area (Å²) in [5.74, 6) is 0.403. The molecular formula is C28H32N8. The minimum Gasteiger partial charge on any atom is -0.383 e. The van der Waals surface area contributed by atoms with Crippen LogP contribution in [-0.2, 0) is 6.54 Å². The van der Waals surface area contributed by atoms with Gasteiger partial charge in [-0.25, -0.2) is 14.6 Å². The largest absolute Gasteiger partial charge is 0.383 e. The van der Waals surface area contributed by atoms with Gasteiger partial charge in [0.05, 0.1) is 33.9 Å². The molecule has 2 N–H and O–H groups in total. The molecule has 1 unspecified atom stereocenters. The molecular weight excluding hydrogens is 448 g/mol. The fourth-order valence-electron chi connectivity index (χ4n) is 4.79. The second kappa shape index (κ2) is 10.2. The van der Waals surface area contributed by atoms with Crippen LogP contribution in [0.25, 0.3) is 27.8 Å². The van der Waals surface area contributed by atoms with Gasteiger partial charge in [0.25, 0.3) is 0 Å². The van der Waals surface area contributed by atoms with Gasteiger partial charge in [0.15, 0.2) is 5.65 Å². The molecule has 0 aliphatic carbocycles. The van der Waals surface area contributed by atoms with E-state index >= 15 is 0 Å². The molecule has 8 nitrogen and oxygen atoms in total. The Morgan fingerprint density at radius 2 is 1.89 bits per heavy atom. The summed E-state index contributed by atoms with van der Waals surface area (Å²) >= 11 is 0. The monoisotopic (exact) mass is 480 g/mol. The maximum atomic E-state index is 10.3. The quantitative estimate of drug-likeness (QED) is 0.371. The number of benzene rings is 1. The topological polar surface area (TPSA) is 101 Å². The summed E-state index contributed by atoms with van der Waals surface area (Å²) in [7, 11) is 4.11. The van der Waals surface area contributed by atoms with Gasteiger partial charge in [-0.05, 0) is 57.3 Å². The summed E-state index contributed by atoms with van der Waals surface area (Å²) in [6, 6.07) is 16.6. The molecule has 36 heavy (non-hydrogen) atoms. The molecule has 5 rings (SSSR count). The van der Waals surface area contributed by atoms with Crippen LogP contribution in [0, 0.1) is 18.3 Å². The molecule has 4 aromatic heterocycles. The molecule has 0 bridgehead atoms. The van der Waals surface area contributed by atoms with Gasteiger partial charge in [-0.1, -0.05) is 38.1 Å². The fraction of sp³-hybridized carbons (Fsp3) is 0.286. The summed E-state index contributed by atoms with van der Waals surface area (Å²) in [4.78, 5) is 10.8. The molecule has 8 heteroatoms. The van der Waals surface area contributed by atoms with Crippen LogP contribution in [0.5, 0.6) is 0 Å². The Balaban J connectivity index is 0.00000148. The molecule has 1 atom stereocenters. The Bertz CT molecular complexity index is 1570. The lowest BCUT2D eigenvalue weighted by Gasteiger charge is -2.17. The Labute approximate surface area is 211 Å². The van der Waals surface area contributed by atoms with Crippen LogP contribution in [0.2, 0.25) is 0 Å². The highest BCUT2D eigenvalue weighted by molar-refractivity contribution is 5.88. The second-order valence-corrected chi connectivity index (χ2v) is 8.81. The van der Waals surface area contributed by atoms with Crippen molar-refractivity contribution < 1.29 is 0 Å². The smallest absolute Gasteiger partial charge is 0.164 e. The fourth-order valence-corrected chi connectivity index (χ4v) is 4.79. The van der Waals surface area contributed by atoms with E-state index in [4.69, 9.17) is 10.8 Å². The first-order valence-corrected chi connectivity index (χ1v) is 12.1. The van der Waals surface area contributed by atoms with Crippen molar-refractivity contribution in [3.05, 3.63) is 77.4 Å². The lowest BCUT2D eigenvalue weighted by atomic mass is 9.98. The van der Waals surface area contributed by atoms with Crippen molar-refractivity contribution in [3.63, 3.8) is 0 Å². The number of nitriles is 1. The van der Waals surface area contributed by atoms with E-state index in [2.05, 4.69) is 63.7 Å². The zero-order valence-corrected chi connectivity index (χ0v) is 21.7. The van der Waals surface area contributed by atoms with Crippen LogP contribution in [0.15, 0.2) is 55.0 Å². The van der Waals surface area contributed by atoms with Gasteiger partial charge in [0.1, 0.15) is 18.2 Å². The van der Waals surface area contributed by atoms with Crippen LogP contribution < -0.4 is 5.73 Å². The van der Waals surface area contributed by atoms with E-state index in [0.29, 0.717) is 17.0 Å². The molecule has 1 aromatic carbocycles. The third-order valence-electron chi connectivity index (χ3n) is 6.17.